The SMILES string of the molecule is CC(C)(C)OC(=O)NCC1CCN(CC(=O)Nc2ccc(Cl)c(C(F)(F)F)c2)CC1. The highest BCUT2D eigenvalue weighted by Crippen LogP contribution is 2.36. The topological polar surface area (TPSA) is 70.7 Å². The highest BCUT2D eigenvalue weighted by molar-refractivity contribution is 6.31. The first-order chi connectivity index (χ1) is 13.8. The molecule has 1 aliphatic heterocycles. The predicted octanol–water partition coefficient (Wildman–Crippen LogP) is 4.53. The average molecular weight is 450 g/mol. The monoisotopic (exact) mass is 449 g/mol. The van der Waals surface area contributed by atoms with E-state index >= 15 is 0 Å². The molecular formula is C20H27ClF3N3O3. The van der Waals surface area contributed by atoms with E-state index in [4.69, 9.17) is 16.3 Å². The van der Waals surface area contributed by atoms with Crippen LogP contribution in [-0.2, 0) is 15.7 Å². The number of nitrogens with zero attached hydrogens (tertiary/aromatic N) is 1. The summed E-state index contributed by atoms with van der Waals surface area (Å²) in [5.74, 6) is -0.113. The first kappa shape index (κ1) is 24.3. The van der Waals surface area contributed by atoms with Crippen LogP contribution in [-0.4, -0.2) is 48.7 Å². The molecule has 1 saturated heterocycles. The van der Waals surface area contributed by atoms with Crippen molar-refractivity contribution in [1.29, 1.82) is 0 Å². The Morgan fingerprint density at radius 3 is 2.40 bits per heavy atom. The Bertz CT molecular complexity index is 758. The largest absolute Gasteiger partial charge is 0.444 e. The van der Waals surface area contributed by atoms with Gasteiger partial charge in [-0.3, -0.25) is 9.69 Å². The number of rotatable bonds is 5. The fraction of sp³-hybridized carbons (Fsp3) is 0.600. The third kappa shape index (κ3) is 8.02. The number of hydrogen-bond acceptors (Lipinski definition) is 4. The van der Waals surface area contributed by atoms with Crippen LogP contribution in [0.1, 0.15) is 39.2 Å². The summed E-state index contributed by atoms with van der Waals surface area (Å²) in [5.41, 5.74) is -1.49. The molecule has 1 aliphatic rings. The van der Waals surface area contributed by atoms with Gasteiger partial charge in [0.2, 0.25) is 5.91 Å². The van der Waals surface area contributed by atoms with Crippen molar-refractivity contribution in [3.8, 4) is 0 Å². The van der Waals surface area contributed by atoms with Crippen molar-refractivity contribution < 1.29 is 27.5 Å². The smallest absolute Gasteiger partial charge is 0.417 e. The summed E-state index contributed by atoms with van der Waals surface area (Å²) in [6, 6.07) is 3.28. The van der Waals surface area contributed by atoms with Crippen LogP contribution in [0.3, 0.4) is 0 Å². The molecule has 1 aromatic carbocycles. The number of halogens is 4. The lowest BCUT2D eigenvalue weighted by Gasteiger charge is -2.31. The molecule has 0 atom stereocenters. The lowest BCUT2D eigenvalue weighted by Crippen LogP contribution is -2.42. The number of benzene rings is 1. The quantitative estimate of drug-likeness (QED) is 0.692. The molecule has 0 bridgehead atoms. The van der Waals surface area contributed by atoms with Gasteiger partial charge in [0.05, 0.1) is 17.1 Å². The molecule has 0 saturated carbocycles. The van der Waals surface area contributed by atoms with Crippen molar-refractivity contribution in [2.75, 3.05) is 31.5 Å². The van der Waals surface area contributed by atoms with Gasteiger partial charge < -0.3 is 15.4 Å². The van der Waals surface area contributed by atoms with Crippen LogP contribution >= 0.6 is 11.6 Å². The van der Waals surface area contributed by atoms with Gasteiger partial charge in [0.25, 0.3) is 0 Å². The van der Waals surface area contributed by atoms with Gasteiger partial charge in [0.15, 0.2) is 0 Å². The third-order valence-electron chi connectivity index (χ3n) is 4.56. The van der Waals surface area contributed by atoms with Gasteiger partial charge in [-0.15, -0.1) is 0 Å². The molecule has 6 nitrogen and oxygen atoms in total. The van der Waals surface area contributed by atoms with Crippen molar-refractivity contribution in [2.24, 2.45) is 5.92 Å². The highest BCUT2D eigenvalue weighted by Gasteiger charge is 2.33. The van der Waals surface area contributed by atoms with Gasteiger partial charge in [-0.2, -0.15) is 13.2 Å². The molecule has 168 valence electrons. The number of alkyl carbamates (subject to hydrolysis) is 1. The minimum atomic E-state index is -4.59. The number of piperidine rings is 1. The maximum atomic E-state index is 12.9. The predicted molar refractivity (Wildman–Crippen MR) is 108 cm³/mol. The fourth-order valence-electron chi connectivity index (χ4n) is 3.11. The van der Waals surface area contributed by atoms with Crippen molar-refractivity contribution in [3.05, 3.63) is 28.8 Å². The zero-order valence-corrected chi connectivity index (χ0v) is 18.0. The van der Waals surface area contributed by atoms with Crippen molar-refractivity contribution in [2.45, 2.75) is 45.4 Å². The number of amides is 2. The van der Waals surface area contributed by atoms with Gasteiger partial charge in [-0.25, -0.2) is 4.79 Å². The average Bonchev–Trinajstić information content (AvgIpc) is 2.60. The standard InChI is InChI=1S/C20H27ClF3N3O3/c1-19(2,3)30-18(29)25-11-13-6-8-27(9-7-13)12-17(28)26-14-4-5-16(21)15(10-14)20(22,23)24/h4-5,10,13H,6-9,11-12H2,1-3H3,(H,25,29)(H,26,28). The van der Waals surface area contributed by atoms with Gasteiger partial charge >= 0.3 is 12.3 Å². The van der Waals surface area contributed by atoms with Crippen LogP contribution in [0.5, 0.6) is 0 Å². The van der Waals surface area contributed by atoms with Gasteiger partial charge in [0.1, 0.15) is 5.60 Å². The Morgan fingerprint density at radius 2 is 1.83 bits per heavy atom. The van der Waals surface area contributed by atoms with E-state index in [9.17, 15) is 22.8 Å². The Labute approximate surface area is 179 Å². The second-order valence-electron chi connectivity index (χ2n) is 8.34. The summed E-state index contributed by atoms with van der Waals surface area (Å²) >= 11 is 5.59. The van der Waals surface area contributed by atoms with E-state index in [-0.39, 0.29) is 18.2 Å². The van der Waals surface area contributed by atoms with E-state index in [0.717, 1.165) is 25.0 Å². The number of carbonyl (C=O) groups excluding carboxylic acids is 2. The maximum absolute atomic E-state index is 12.9. The van der Waals surface area contributed by atoms with E-state index in [1.165, 1.54) is 6.07 Å². The number of alkyl halides is 3. The molecule has 0 aliphatic carbocycles. The Kier molecular flexibility index (Phi) is 7.99. The van der Waals surface area contributed by atoms with E-state index in [1.54, 1.807) is 20.8 Å². The molecule has 2 rings (SSSR count). The zero-order chi connectivity index (χ0) is 22.5. The summed E-state index contributed by atoms with van der Waals surface area (Å²) in [7, 11) is 0. The number of carbonyl (C=O) groups is 2. The van der Waals surface area contributed by atoms with Crippen LogP contribution in [0.4, 0.5) is 23.7 Å². The summed E-state index contributed by atoms with van der Waals surface area (Å²) in [6.07, 6.45) is -3.46. The summed E-state index contributed by atoms with van der Waals surface area (Å²) < 4.78 is 44.0. The molecule has 0 spiro atoms. The summed E-state index contributed by atoms with van der Waals surface area (Å²) in [4.78, 5) is 25.9. The number of ether oxygens (including phenoxy) is 1. The molecule has 0 radical (unpaired) electrons. The second-order valence-corrected chi connectivity index (χ2v) is 8.75. The molecule has 1 heterocycles. The second kappa shape index (κ2) is 9.87. The zero-order valence-electron chi connectivity index (χ0n) is 17.2. The van der Waals surface area contributed by atoms with Gasteiger partial charge in [0, 0.05) is 12.2 Å². The van der Waals surface area contributed by atoms with E-state index in [2.05, 4.69) is 10.6 Å². The van der Waals surface area contributed by atoms with Crippen molar-refractivity contribution in [3.63, 3.8) is 0 Å². The first-order valence-corrected chi connectivity index (χ1v) is 10.1. The molecule has 10 heteroatoms. The lowest BCUT2D eigenvalue weighted by molar-refractivity contribution is -0.137. The molecule has 1 fully saturated rings. The van der Waals surface area contributed by atoms with Crippen LogP contribution in [0, 0.1) is 5.92 Å². The minimum absolute atomic E-state index is 0.0492. The molecule has 2 amide bonds. The third-order valence-corrected chi connectivity index (χ3v) is 4.89. The van der Waals surface area contributed by atoms with Gasteiger partial charge in [-0.1, -0.05) is 11.6 Å². The van der Waals surface area contributed by atoms with Crippen LogP contribution in [0.25, 0.3) is 0 Å². The van der Waals surface area contributed by atoms with E-state index < -0.39 is 34.4 Å². The number of nitrogens with one attached hydrogen (secondary N) is 2. The van der Waals surface area contributed by atoms with E-state index in [1.807, 2.05) is 4.90 Å². The number of hydrogen-bond donors (Lipinski definition) is 2. The summed E-state index contributed by atoms with van der Waals surface area (Å²) in [6.45, 7) is 7.28. The number of anilines is 1. The molecule has 0 unspecified atom stereocenters. The van der Waals surface area contributed by atoms with Crippen LogP contribution < -0.4 is 10.6 Å². The van der Waals surface area contributed by atoms with E-state index in [0.29, 0.717) is 19.6 Å². The Morgan fingerprint density at radius 1 is 1.20 bits per heavy atom. The number of likely N-dealkylation sites (tertiary alicyclic amines) is 1. The molecule has 30 heavy (non-hydrogen) atoms. The van der Waals surface area contributed by atoms with Crippen LogP contribution in [0.2, 0.25) is 5.02 Å². The minimum Gasteiger partial charge on any atom is -0.444 e. The van der Waals surface area contributed by atoms with Crippen molar-refractivity contribution >= 4 is 29.3 Å². The molecular weight excluding hydrogens is 423 g/mol. The summed E-state index contributed by atoms with van der Waals surface area (Å²) in [5, 5.41) is 4.83. The normalized spacial score (nSPS) is 16.2. The van der Waals surface area contributed by atoms with Crippen LogP contribution in [0.15, 0.2) is 18.2 Å². The Hall–Kier alpha value is -2.00. The van der Waals surface area contributed by atoms with Gasteiger partial charge in [-0.05, 0) is 70.8 Å². The maximum Gasteiger partial charge on any atom is 0.417 e. The molecule has 2 N–H and O–H groups in total. The fourth-order valence-corrected chi connectivity index (χ4v) is 3.34. The Balaban J connectivity index is 1.76. The molecule has 1 aromatic rings. The highest BCUT2D eigenvalue weighted by atomic mass is 35.5. The lowest BCUT2D eigenvalue weighted by atomic mass is 9.97. The molecule has 0 aromatic heterocycles. The van der Waals surface area contributed by atoms with Crippen molar-refractivity contribution in [1.82, 2.24) is 10.2 Å². The first-order valence-electron chi connectivity index (χ1n) is 9.69.